The van der Waals surface area contributed by atoms with Gasteiger partial charge >= 0.3 is 0 Å². The summed E-state index contributed by atoms with van der Waals surface area (Å²) < 4.78 is 19.8. The number of nitrogens with zero attached hydrogens (tertiary/aromatic N) is 1. The second-order valence-electron chi connectivity index (χ2n) is 4.47. The van der Waals surface area contributed by atoms with Crippen LogP contribution in [0.3, 0.4) is 0 Å². The molecule has 1 aromatic carbocycles. The van der Waals surface area contributed by atoms with Crippen LogP contribution in [0.4, 0.5) is 15.8 Å². The highest BCUT2D eigenvalue weighted by molar-refractivity contribution is 14.1. The lowest BCUT2D eigenvalue weighted by Crippen LogP contribution is -2.37. The van der Waals surface area contributed by atoms with E-state index in [0.29, 0.717) is 15.4 Å². The van der Waals surface area contributed by atoms with Crippen LogP contribution < -0.4 is 10.6 Å². The molecule has 0 atom stereocenters. The van der Waals surface area contributed by atoms with Gasteiger partial charge in [-0.2, -0.15) is 0 Å². The molecular weight excluding hydrogens is 346 g/mol. The molecule has 2 N–H and O–H groups in total. The predicted molar refractivity (Wildman–Crippen MR) is 80.4 cm³/mol. The first-order chi connectivity index (χ1) is 8.61. The second kappa shape index (κ2) is 6.06. The van der Waals surface area contributed by atoms with Gasteiger partial charge in [0.1, 0.15) is 5.82 Å². The number of ether oxygens (including phenoxy) is 1. The fourth-order valence-electron chi connectivity index (χ4n) is 2.32. The van der Waals surface area contributed by atoms with E-state index in [0.717, 1.165) is 38.2 Å². The Bertz CT molecular complexity index is 420. The topological polar surface area (TPSA) is 38.5 Å². The van der Waals surface area contributed by atoms with Gasteiger partial charge in [0, 0.05) is 25.8 Å². The summed E-state index contributed by atoms with van der Waals surface area (Å²) in [5.74, 6) is -0.202. The van der Waals surface area contributed by atoms with E-state index < -0.39 is 0 Å². The minimum absolute atomic E-state index is 0.202. The minimum atomic E-state index is -0.202. The number of nitrogen functional groups attached to an aromatic ring is 1. The monoisotopic (exact) mass is 364 g/mol. The first kappa shape index (κ1) is 13.9. The molecule has 5 heteroatoms. The van der Waals surface area contributed by atoms with E-state index in [1.54, 1.807) is 6.07 Å². The largest absolute Gasteiger partial charge is 0.397 e. The summed E-state index contributed by atoms with van der Waals surface area (Å²) in [7, 11) is 0. The lowest BCUT2D eigenvalue weighted by Gasteiger charge is -2.34. The van der Waals surface area contributed by atoms with Gasteiger partial charge in [-0.3, -0.25) is 0 Å². The summed E-state index contributed by atoms with van der Waals surface area (Å²) in [6.45, 7) is 4.51. The van der Waals surface area contributed by atoms with Crippen molar-refractivity contribution >= 4 is 34.0 Å². The van der Waals surface area contributed by atoms with E-state index in [-0.39, 0.29) is 5.82 Å². The summed E-state index contributed by atoms with van der Waals surface area (Å²) in [4.78, 5) is 2.14. The highest BCUT2D eigenvalue weighted by atomic mass is 127. The van der Waals surface area contributed by atoms with Gasteiger partial charge in [0.25, 0.3) is 0 Å². The molecule has 18 heavy (non-hydrogen) atoms. The van der Waals surface area contributed by atoms with Crippen LogP contribution in [0, 0.1) is 9.39 Å². The smallest absolute Gasteiger partial charge is 0.138 e. The fraction of sp³-hybridized carbons (Fsp3) is 0.538. The van der Waals surface area contributed by atoms with Crippen molar-refractivity contribution in [2.75, 3.05) is 30.3 Å². The van der Waals surface area contributed by atoms with Gasteiger partial charge in [0.05, 0.1) is 21.0 Å². The molecule has 3 nitrogen and oxygen atoms in total. The van der Waals surface area contributed by atoms with Crippen molar-refractivity contribution in [3.63, 3.8) is 0 Å². The van der Waals surface area contributed by atoms with E-state index in [2.05, 4.69) is 4.90 Å². The van der Waals surface area contributed by atoms with Crippen molar-refractivity contribution in [3.8, 4) is 0 Å². The second-order valence-corrected chi connectivity index (χ2v) is 5.63. The number of piperidine rings is 1. The lowest BCUT2D eigenvalue weighted by atomic mass is 10.1. The molecule has 0 aromatic heterocycles. The zero-order valence-electron chi connectivity index (χ0n) is 10.5. The van der Waals surface area contributed by atoms with Crippen LogP contribution in [0.5, 0.6) is 0 Å². The van der Waals surface area contributed by atoms with Crippen LogP contribution in [-0.2, 0) is 4.74 Å². The van der Waals surface area contributed by atoms with Gasteiger partial charge in [-0.25, -0.2) is 4.39 Å². The maximum atomic E-state index is 13.6. The zero-order chi connectivity index (χ0) is 13.1. The zero-order valence-corrected chi connectivity index (χ0v) is 12.6. The molecule has 0 unspecified atom stereocenters. The standard InChI is InChI=1S/C13H18FIN2O/c1-2-18-9-3-5-17(6-4-9)13-7-10(14)11(15)8-12(13)16/h7-9H,2-6,16H2,1H3. The van der Waals surface area contributed by atoms with Crippen LogP contribution in [0.2, 0.25) is 0 Å². The maximum absolute atomic E-state index is 13.6. The molecule has 1 heterocycles. The minimum Gasteiger partial charge on any atom is -0.397 e. The average molecular weight is 364 g/mol. The van der Waals surface area contributed by atoms with Crippen LogP contribution in [-0.4, -0.2) is 25.8 Å². The van der Waals surface area contributed by atoms with Gasteiger partial charge in [0.15, 0.2) is 0 Å². The molecule has 0 saturated carbocycles. The number of halogens is 2. The summed E-state index contributed by atoms with van der Waals surface area (Å²) in [6.07, 6.45) is 2.28. The van der Waals surface area contributed by atoms with Crippen molar-refractivity contribution in [3.05, 3.63) is 21.5 Å². The molecule has 0 spiro atoms. The number of hydrogen-bond donors (Lipinski definition) is 1. The average Bonchev–Trinajstić information content (AvgIpc) is 2.35. The summed E-state index contributed by atoms with van der Waals surface area (Å²) >= 11 is 1.96. The van der Waals surface area contributed by atoms with Gasteiger partial charge in [0.2, 0.25) is 0 Å². The molecule has 1 saturated heterocycles. The van der Waals surface area contributed by atoms with E-state index in [1.165, 1.54) is 6.07 Å². The predicted octanol–water partition coefficient (Wildman–Crippen LogP) is 3.02. The Labute approximate surface area is 121 Å². The molecule has 100 valence electrons. The Morgan fingerprint density at radius 2 is 2.11 bits per heavy atom. The van der Waals surface area contributed by atoms with Gasteiger partial charge in [-0.05, 0) is 48.4 Å². The van der Waals surface area contributed by atoms with Crippen LogP contribution >= 0.6 is 22.6 Å². The summed E-state index contributed by atoms with van der Waals surface area (Å²) in [6, 6.07) is 3.23. The molecule has 1 aliphatic heterocycles. The summed E-state index contributed by atoms with van der Waals surface area (Å²) in [5.41, 5.74) is 7.43. The highest BCUT2D eigenvalue weighted by Gasteiger charge is 2.21. The lowest BCUT2D eigenvalue weighted by molar-refractivity contribution is 0.0459. The molecule has 0 bridgehead atoms. The van der Waals surface area contributed by atoms with E-state index in [1.807, 2.05) is 29.5 Å². The molecule has 0 amide bonds. The SMILES string of the molecule is CCOC1CCN(c2cc(F)c(I)cc2N)CC1. The van der Waals surface area contributed by atoms with Crippen molar-refractivity contribution in [1.82, 2.24) is 0 Å². The molecule has 2 rings (SSSR count). The first-order valence-electron chi connectivity index (χ1n) is 6.23. The Kier molecular flexibility index (Phi) is 4.66. The van der Waals surface area contributed by atoms with Gasteiger partial charge in [-0.15, -0.1) is 0 Å². The quantitative estimate of drug-likeness (QED) is 0.662. The molecule has 1 aromatic rings. The summed E-state index contributed by atoms with van der Waals surface area (Å²) in [5, 5.41) is 0. The third-order valence-corrected chi connectivity index (χ3v) is 4.08. The van der Waals surface area contributed by atoms with Crippen LogP contribution in [0.25, 0.3) is 0 Å². The number of benzene rings is 1. The highest BCUT2D eigenvalue weighted by Crippen LogP contribution is 2.30. The van der Waals surface area contributed by atoms with E-state index in [9.17, 15) is 4.39 Å². The van der Waals surface area contributed by atoms with E-state index in [4.69, 9.17) is 10.5 Å². The normalized spacial score (nSPS) is 17.2. The van der Waals surface area contributed by atoms with Crippen molar-refractivity contribution in [2.45, 2.75) is 25.9 Å². The Hall–Kier alpha value is -0.560. The Morgan fingerprint density at radius 1 is 1.44 bits per heavy atom. The number of nitrogens with two attached hydrogens (primary N) is 1. The van der Waals surface area contributed by atoms with Crippen LogP contribution in [0.15, 0.2) is 12.1 Å². The molecule has 0 aliphatic carbocycles. The van der Waals surface area contributed by atoms with Crippen LogP contribution in [0.1, 0.15) is 19.8 Å². The first-order valence-corrected chi connectivity index (χ1v) is 7.30. The number of hydrogen-bond acceptors (Lipinski definition) is 3. The molecule has 1 fully saturated rings. The molecular formula is C13H18FIN2O. The molecule has 1 aliphatic rings. The third kappa shape index (κ3) is 3.06. The number of rotatable bonds is 3. The van der Waals surface area contributed by atoms with Gasteiger partial charge < -0.3 is 15.4 Å². The fourth-order valence-corrected chi connectivity index (χ4v) is 2.82. The molecule has 0 radical (unpaired) electrons. The Balaban J connectivity index is 2.07. The number of anilines is 2. The maximum Gasteiger partial charge on any atom is 0.138 e. The third-order valence-electron chi connectivity index (χ3n) is 3.25. The van der Waals surface area contributed by atoms with Crippen molar-refractivity contribution < 1.29 is 9.13 Å². The van der Waals surface area contributed by atoms with Crippen molar-refractivity contribution in [2.24, 2.45) is 0 Å². The van der Waals surface area contributed by atoms with E-state index >= 15 is 0 Å². The van der Waals surface area contributed by atoms with Gasteiger partial charge in [-0.1, -0.05) is 0 Å². The van der Waals surface area contributed by atoms with Crippen molar-refractivity contribution in [1.29, 1.82) is 0 Å². The Morgan fingerprint density at radius 3 is 2.72 bits per heavy atom.